The van der Waals surface area contributed by atoms with Gasteiger partial charge in [-0.2, -0.15) is 0 Å². The molecular formula is C7H11NO2S. The van der Waals surface area contributed by atoms with E-state index >= 15 is 0 Å². The van der Waals surface area contributed by atoms with Gasteiger partial charge >= 0.3 is 5.97 Å². The number of hydrogen-bond acceptors (Lipinski definition) is 3. The maximum atomic E-state index is 10.5. The monoisotopic (exact) mass is 173 g/mol. The Labute approximate surface area is 69.5 Å². The zero-order chi connectivity index (χ0) is 7.84. The van der Waals surface area contributed by atoms with E-state index in [2.05, 4.69) is 5.32 Å². The lowest BCUT2D eigenvalue weighted by molar-refractivity contribution is -0.138. The van der Waals surface area contributed by atoms with E-state index < -0.39 is 5.97 Å². The minimum absolute atomic E-state index is 0.300. The first-order valence-corrected chi connectivity index (χ1v) is 4.92. The zero-order valence-corrected chi connectivity index (χ0v) is 6.93. The van der Waals surface area contributed by atoms with Crippen LogP contribution in [0.2, 0.25) is 0 Å². The predicted molar refractivity (Wildman–Crippen MR) is 43.5 cm³/mol. The molecule has 0 radical (unpaired) electrons. The lowest BCUT2D eigenvalue weighted by atomic mass is 10.3. The van der Waals surface area contributed by atoms with Gasteiger partial charge in [0.25, 0.3) is 0 Å². The molecule has 2 rings (SSSR count). The largest absolute Gasteiger partial charge is 0.480 e. The van der Waals surface area contributed by atoms with E-state index in [0.29, 0.717) is 5.37 Å². The van der Waals surface area contributed by atoms with Crippen LogP contribution in [0, 0.1) is 5.92 Å². The maximum Gasteiger partial charge on any atom is 0.321 e. The Hall–Kier alpha value is -0.220. The van der Waals surface area contributed by atoms with Crippen LogP contribution in [0.1, 0.15) is 12.8 Å². The number of carboxylic acids is 1. The Morgan fingerprint density at radius 2 is 2.27 bits per heavy atom. The third-order valence-electron chi connectivity index (χ3n) is 2.16. The van der Waals surface area contributed by atoms with Crippen molar-refractivity contribution in [2.45, 2.75) is 24.3 Å². The lowest BCUT2D eigenvalue weighted by Gasteiger charge is -2.07. The van der Waals surface area contributed by atoms with Crippen molar-refractivity contribution in [2.75, 3.05) is 5.75 Å². The van der Waals surface area contributed by atoms with E-state index in [4.69, 9.17) is 5.11 Å². The Bertz CT molecular complexity index is 181. The normalized spacial score (nSPS) is 37.5. The fourth-order valence-electron chi connectivity index (χ4n) is 1.31. The van der Waals surface area contributed by atoms with Gasteiger partial charge in [0.2, 0.25) is 0 Å². The Morgan fingerprint density at radius 3 is 2.73 bits per heavy atom. The summed E-state index contributed by atoms with van der Waals surface area (Å²) in [4.78, 5) is 10.5. The fourth-order valence-corrected chi connectivity index (χ4v) is 2.75. The summed E-state index contributed by atoms with van der Waals surface area (Å²) in [5, 5.41) is 12.2. The molecule has 2 fully saturated rings. The molecule has 0 amide bonds. The van der Waals surface area contributed by atoms with E-state index in [-0.39, 0.29) is 6.04 Å². The molecule has 1 aliphatic heterocycles. The SMILES string of the molecule is O=C(O)[C@@H]1CSC(C2CC2)N1. The van der Waals surface area contributed by atoms with E-state index in [1.807, 2.05) is 0 Å². The molecule has 11 heavy (non-hydrogen) atoms. The van der Waals surface area contributed by atoms with Crippen molar-refractivity contribution in [1.29, 1.82) is 0 Å². The summed E-state index contributed by atoms with van der Waals surface area (Å²) in [5.74, 6) is 0.779. The third kappa shape index (κ3) is 1.51. The van der Waals surface area contributed by atoms with Gasteiger partial charge in [-0.05, 0) is 18.8 Å². The first-order valence-electron chi connectivity index (χ1n) is 3.88. The summed E-state index contributed by atoms with van der Waals surface area (Å²) in [6.45, 7) is 0. The van der Waals surface area contributed by atoms with Gasteiger partial charge in [-0.25, -0.2) is 0 Å². The van der Waals surface area contributed by atoms with Crippen LogP contribution in [0.4, 0.5) is 0 Å². The molecule has 4 heteroatoms. The number of thioether (sulfide) groups is 1. The maximum absolute atomic E-state index is 10.5. The number of nitrogens with one attached hydrogen (secondary N) is 1. The molecule has 1 aliphatic carbocycles. The number of hydrogen-bond donors (Lipinski definition) is 2. The third-order valence-corrected chi connectivity index (χ3v) is 3.56. The van der Waals surface area contributed by atoms with Crippen molar-refractivity contribution in [3.8, 4) is 0 Å². The van der Waals surface area contributed by atoms with Crippen LogP contribution in [0.3, 0.4) is 0 Å². The zero-order valence-electron chi connectivity index (χ0n) is 6.12. The van der Waals surface area contributed by atoms with Gasteiger partial charge in [-0.15, -0.1) is 11.8 Å². The second-order valence-corrected chi connectivity index (χ2v) is 4.32. The highest BCUT2D eigenvalue weighted by Gasteiger charge is 2.38. The van der Waals surface area contributed by atoms with Gasteiger partial charge in [-0.1, -0.05) is 0 Å². The fraction of sp³-hybridized carbons (Fsp3) is 0.857. The highest BCUT2D eigenvalue weighted by molar-refractivity contribution is 8.00. The van der Waals surface area contributed by atoms with Crippen molar-refractivity contribution in [1.82, 2.24) is 5.32 Å². The molecule has 2 atom stereocenters. The summed E-state index contributed by atoms with van der Waals surface area (Å²) in [7, 11) is 0. The highest BCUT2D eigenvalue weighted by atomic mass is 32.2. The van der Waals surface area contributed by atoms with Gasteiger partial charge in [0.15, 0.2) is 0 Å². The summed E-state index contributed by atoms with van der Waals surface area (Å²) in [6.07, 6.45) is 2.55. The second kappa shape index (κ2) is 2.68. The van der Waals surface area contributed by atoms with Crippen molar-refractivity contribution >= 4 is 17.7 Å². The topological polar surface area (TPSA) is 49.3 Å². The molecule has 1 saturated carbocycles. The minimum Gasteiger partial charge on any atom is -0.480 e. The molecule has 1 saturated heterocycles. The molecule has 0 aromatic heterocycles. The molecule has 2 N–H and O–H groups in total. The van der Waals surface area contributed by atoms with Crippen LogP contribution < -0.4 is 5.32 Å². The average Bonchev–Trinajstić information content (AvgIpc) is 2.68. The molecule has 0 spiro atoms. The molecule has 0 aromatic carbocycles. The van der Waals surface area contributed by atoms with E-state index in [1.165, 1.54) is 12.8 Å². The molecule has 3 nitrogen and oxygen atoms in total. The van der Waals surface area contributed by atoms with Crippen molar-refractivity contribution < 1.29 is 9.90 Å². The van der Waals surface area contributed by atoms with Gasteiger partial charge in [0, 0.05) is 5.75 Å². The van der Waals surface area contributed by atoms with E-state index in [9.17, 15) is 4.79 Å². The van der Waals surface area contributed by atoms with Crippen molar-refractivity contribution in [3.63, 3.8) is 0 Å². The van der Waals surface area contributed by atoms with Crippen LogP contribution >= 0.6 is 11.8 Å². The summed E-state index contributed by atoms with van der Waals surface area (Å²) >= 11 is 1.76. The molecule has 2 aliphatic rings. The molecule has 1 unspecified atom stereocenters. The number of carbonyl (C=O) groups is 1. The van der Waals surface area contributed by atoms with Gasteiger partial charge in [0.05, 0.1) is 5.37 Å². The Morgan fingerprint density at radius 1 is 1.55 bits per heavy atom. The van der Waals surface area contributed by atoms with Crippen LogP contribution in [-0.4, -0.2) is 28.2 Å². The predicted octanol–water partition coefficient (Wildman–Crippen LogP) is 0.512. The number of carboxylic acid groups (broad SMARTS) is 1. The Kier molecular flexibility index (Phi) is 1.81. The molecule has 0 aromatic rings. The van der Waals surface area contributed by atoms with Gasteiger partial charge in [0.1, 0.15) is 6.04 Å². The summed E-state index contributed by atoms with van der Waals surface area (Å²) < 4.78 is 0. The van der Waals surface area contributed by atoms with Gasteiger partial charge < -0.3 is 5.11 Å². The van der Waals surface area contributed by atoms with Crippen molar-refractivity contribution in [3.05, 3.63) is 0 Å². The van der Waals surface area contributed by atoms with Crippen LogP contribution in [-0.2, 0) is 4.79 Å². The standard InChI is InChI=1S/C7H11NO2S/c9-7(10)5-3-11-6(8-5)4-1-2-4/h4-6,8H,1-3H2,(H,9,10)/t5-,6?/m0/s1. The van der Waals surface area contributed by atoms with Gasteiger partial charge in [-0.3, -0.25) is 10.1 Å². The van der Waals surface area contributed by atoms with Crippen molar-refractivity contribution in [2.24, 2.45) is 5.92 Å². The summed E-state index contributed by atoms with van der Waals surface area (Å²) in [6, 6.07) is -0.300. The minimum atomic E-state index is -0.708. The lowest BCUT2D eigenvalue weighted by Crippen LogP contribution is -2.37. The summed E-state index contributed by atoms with van der Waals surface area (Å²) in [5.41, 5.74) is 0. The Balaban J connectivity index is 1.87. The average molecular weight is 173 g/mol. The first kappa shape index (κ1) is 7.43. The van der Waals surface area contributed by atoms with Crippen LogP contribution in [0.15, 0.2) is 0 Å². The highest BCUT2D eigenvalue weighted by Crippen LogP contribution is 2.40. The molecule has 0 bridgehead atoms. The first-order chi connectivity index (χ1) is 5.27. The van der Waals surface area contributed by atoms with Crippen LogP contribution in [0.25, 0.3) is 0 Å². The second-order valence-electron chi connectivity index (χ2n) is 3.15. The molecular weight excluding hydrogens is 162 g/mol. The van der Waals surface area contributed by atoms with E-state index in [0.717, 1.165) is 11.7 Å². The van der Waals surface area contributed by atoms with E-state index in [1.54, 1.807) is 11.8 Å². The smallest absolute Gasteiger partial charge is 0.321 e. The van der Waals surface area contributed by atoms with Crippen LogP contribution in [0.5, 0.6) is 0 Å². The quantitative estimate of drug-likeness (QED) is 0.639. The molecule has 1 heterocycles. The number of aliphatic carboxylic acids is 1. The molecule has 62 valence electrons. The number of rotatable bonds is 2.